The van der Waals surface area contributed by atoms with Crippen LogP contribution in [0.5, 0.6) is 0 Å². The molecule has 0 radical (unpaired) electrons. The third kappa shape index (κ3) is 3.41. The van der Waals surface area contributed by atoms with Crippen molar-refractivity contribution < 1.29 is 19.0 Å². The number of carbonyl (C=O) groups excluding carboxylic acids is 1. The first-order chi connectivity index (χ1) is 9.77. The van der Waals surface area contributed by atoms with E-state index < -0.39 is 0 Å². The van der Waals surface area contributed by atoms with E-state index in [-0.39, 0.29) is 11.5 Å². The molecule has 3 heterocycles. The van der Waals surface area contributed by atoms with Crippen LogP contribution in [0.1, 0.15) is 51.4 Å². The lowest BCUT2D eigenvalue weighted by atomic mass is 9.81. The summed E-state index contributed by atoms with van der Waals surface area (Å²) in [6.45, 7) is 3.02. The summed E-state index contributed by atoms with van der Waals surface area (Å²) in [6, 6.07) is 0. The Labute approximate surface area is 121 Å². The summed E-state index contributed by atoms with van der Waals surface area (Å²) >= 11 is 0. The topological polar surface area (TPSA) is 44.8 Å². The first kappa shape index (κ1) is 14.5. The Kier molecular flexibility index (Phi) is 4.74. The number of hydrogen-bond donors (Lipinski definition) is 0. The van der Waals surface area contributed by atoms with Gasteiger partial charge in [-0.2, -0.15) is 0 Å². The molecule has 3 rings (SSSR count). The highest BCUT2D eigenvalue weighted by molar-refractivity contribution is 5.81. The minimum absolute atomic E-state index is 0.153. The highest BCUT2D eigenvalue weighted by atomic mass is 16.6. The molecule has 0 aromatic heterocycles. The molecule has 3 fully saturated rings. The number of carbonyl (C=O) groups is 1. The van der Waals surface area contributed by atoms with Crippen molar-refractivity contribution in [2.45, 2.75) is 63.1 Å². The minimum atomic E-state index is -0.153. The van der Waals surface area contributed by atoms with Crippen molar-refractivity contribution in [3.05, 3.63) is 0 Å². The Morgan fingerprint density at radius 2 is 2.10 bits per heavy atom. The summed E-state index contributed by atoms with van der Waals surface area (Å²) < 4.78 is 17.1. The molecule has 3 aliphatic rings. The summed E-state index contributed by atoms with van der Waals surface area (Å²) in [5.74, 6) is 0.586. The van der Waals surface area contributed by atoms with E-state index in [1.165, 1.54) is 12.8 Å². The van der Waals surface area contributed by atoms with E-state index in [4.69, 9.17) is 14.2 Å². The Balaban J connectivity index is 1.46. The van der Waals surface area contributed by atoms with Crippen molar-refractivity contribution >= 4 is 5.78 Å². The van der Waals surface area contributed by atoms with E-state index in [1.54, 1.807) is 0 Å². The van der Waals surface area contributed by atoms with Crippen molar-refractivity contribution in [1.29, 1.82) is 0 Å². The lowest BCUT2D eigenvalue weighted by Crippen LogP contribution is -2.42. The van der Waals surface area contributed by atoms with Gasteiger partial charge in [0.15, 0.2) is 0 Å². The second kappa shape index (κ2) is 6.54. The predicted molar refractivity (Wildman–Crippen MR) is 74.7 cm³/mol. The molecule has 0 aliphatic carbocycles. The van der Waals surface area contributed by atoms with Crippen LogP contribution in [0.2, 0.25) is 0 Å². The number of hydrogen-bond acceptors (Lipinski definition) is 4. The van der Waals surface area contributed by atoms with Gasteiger partial charge in [-0.25, -0.2) is 0 Å². The van der Waals surface area contributed by atoms with Gasteiger partial charge in [-0.15, -0.1) is 0 Å². The standard InChI is InChI=1S/C16H26O4/c17-15(5-4-14-3-1-2-8-19-14)13-6-9-20-16(11-13)7-10-18-12-16/h13-14H,1-12H2. The van der Waals surface area contributed by atoms with Crippen LogP contribution in [0, 0.1) is 5.92 Å². The first-order valence-electron chi connectivity index (χ1n) is 8.13. The van der Waals surface area contributed by atoms with E-state index in [2.05, 4.69) is 0 Å². The quantitative estimate of drug-likeness (QED) is 0.794. The highest BCUT2D eigenvalue weighted by Gasteiger charge is 2.42. The molecule has 3 unspecified atom stereocenters. The maximum absolute atomic E-state index is 12.4. The normalized spacial score (nSPS) is 38.2. The SMILES string of the molecule is O=C(CCC1CCCCO1)C1CCOC2(CCOC2)C1. The fourth-order valence-corrected chi connectivity index (χ4v) is 3.71. The van der Waals surface area contributed by atoms with Gasteiger partial charge >= 0.3 is 0 Å². The van der Waals surface area contributed by atoms with Crippen LogP contribution < -0.4 is 0 Å². The predicted octanol–water partition coefficient (Wildman–Crippen LogP) is 2.49. The number of ketones is 1. The van der Waals surface area contributed by atoms with Crippen LogP contribution in [0.3, 0.4) is 0 Å². The van der Waals surface area contributed by atoms with Crippen LogP contribution in [0.4, 0.5) is 0 Å². The first-order valence-corrected chi connectivity index (χ1v) is 8.13. The molecule has 3 atom stereocenters. The molecule has 0 saturated carbocycles. The summed E-state index contributed by atoms with van der Waals surface area (Å²) in [5.41, 5.74) is -0.153. The molecular weight excluding hydrogens is 256 g/mol. The van der Waals surface area contributed by atoms with E-state index >= 15 is 0 Å². The zero-order valence-corrected chi connectivity index (χ0v) is 12.3. The Morgan fingerprint density at radius 3 is 2.85 bits per heavy atom. The third-order valence-electron chi connectivity index (χ3n) is 5.00. The summed E-state index contributed by atoms with van der Waals surface area (Å²) in [5, 5.41) is 0. The molecule has 3 aliphatic heterocycles. The maximum Gasteiger partial charge on any atom is 0.136 e. The average Bonchev–Trinajstić information content (AvgIpc) is 2.93. The van der Waals surface area contributed by atoms with Gasteiger partial charge in [0.05, 0.1) is 18.3 Å². The van der Waals surface area contributed by atoms with E-state index in [1.807, 2.05) is 0 Å². The lowest BCUT2D eigenvalue weighted by Gasteiger charge is -2.36. The molecule has 1 spiro atoms. The highest BCUT2D eigenvalue weighted by Crippen LogP contribution is 2.36. The van der Waals surface area contributed by atoms with E-state index in [9.17, 15) is 4.79 Å². The van der Waals surface area contributed by atoms with E-state index in [0.717, 1.165) is 45.3 Å². The van der Waals surface area contributed by atoms with Crippen molar-refractivity contribution in [1.82, 2.24) is 0 Å². The second-order valence-corrected chi connectivity index (χ2v) is 6.52. The molecule has 0 aromatic carbocycles. The van der Waals surface area contributed by atoms with Crippen molar-refractivity contribution in [3.63, 3.8) is 0 Å². The molecule has 0 aromatic rings. The van der Waals surface area contributed by atoms with Gasteiger partial charge in [-0.3, -0.25) is 4.79 Å². The molecule has 0 bridgehead atoms. The molecule has 20 heavy (non-hydrogen) atoms. The third-order valence-corrected chi connectivity index (χ3v) is 5.00. The maximum atomic E-state index is 12.4. The van der Waals surface area contributed by atoms with Gasteiger partial charge in [0.1, 0.15) is 5.78 Å². The van der Waals surface area contributed by atoms with E-state index in [0.29, 0.717) is 31.5 Å². The zero-order chi connectivity index (χ0) is 13.8. The van der Waals surface area contributed by atoms with Crippen LogP contribution >= 0.6 is 0 Å². The molecule has 0 amide bonds. The van der Waals surface area contributed by atoms with Crippen LogP contribution in [-0.4, -0.2) is 43.9 Å². The van der Waals surface area contributed by atoms with Gasteiger partial charge in [0.2, 0.25) is 0 Å². The Morgan fingerprint density at radius 1 is 1.15 bits per heavy atom. The van der Waals surface area contributed by atoms with Crippen molar-refractivity contribution in [2.75, 3.05) is 26.4 Å². The molecule has 4 nitrogen and oxygen atoms in total. The largest absolute Gasteiger partial charge is 0.378 e. The molecule has 0 N–H and O–H groups in total. The van der Waals surface area contributed by atoms with Crippen LogP contribution in [0.25, 0.3) is 0 Å². The van der Waals surface area contributed by atoms with Crippen LogP contribution in [0.15, 0.2) is 0 Å². The second-order valence-electron chi connectivity index (χ2n) is 6.52. The molecule has 3 saturated heterocycles. The van der Waals surface area contributed by atoms with Gasteiger partial charge < -0.3 is 14.2 Å². The smallest absolute Gasteiger partial charge is 0.136 e. The molecule has 114 valence electrons. The number of rotatable bonds is 4. The lowest BCUT2D eigenvalue weighted by molar-refractivity contribution is -0.138. The summed E-state index contributed by atoms with van der Waals surface area (Å²) in [4.78, 5) is 12.4. The van der Waals surface area contributed by atoms with Gasteiger partial charge in [0, 0.05) is 38.6 Å². The van der Waals surface area contributed by atoms with Gasteiger partial charge in [0.25, 0.3) is 0 Å². The minimum Gasteiger partial charge on any atom is -0.378 e. The average molecular weight is 282 g/mol. The monoisotopic (exact) mass is 282 g/mol. The van der Waals surface area contributed by atoms with Crippen LogP contribution in [-0.2, 0) is 19.0 Å². The van der Waals surface area contributed by atoms with Gasteiger partial charge in [-0.1, -0.05) is 0 Å². The Bertz CT molecular complexity index is 329. The number of Topliss-reactive ketones (excluding diaryl/α,β-unsaturated/α-hetero) is 1. The van der Waals surface area contributed by atoms with Gasteiger partial charge in [-0.05, 0) is 38.5 Å². The Hall–Kier alpha value is -0.450. The zero-order valence-electron chi connectivity index (χ0n) is 12.3. The summed E-state index contributed by atoms with van der Waals surface area (Å²) in [7, 11) is 0. The van der Waals surface area contributed by atoms with Crippen molar-refractivity contribution in [2.24, 2.45) is 5.92 Å². The molecular formula is C16H26O4. The molecule has 4 heteroatoms. The fourth-order valence-electron chi connectivity index (χ4n) is 3.71. The summed E-state index contributed by atoms with van der Waals surface area (Å²) in [6.07, 6.45) is 8.12. The fraction of sp³-hybridized carbons (Fsp3) is 0.938. The number of ether oxygens (including phenoxy) is 3. The van der Waals surface area contributed by atoms with Crippen molar-refractivity contribution in [3.8, 4) is 0 Å².